The Labute approximate surface area is 184 Å². The van der Waals surface area contributed by atoms with Crippen molar-refractivity contribution in [1.82, 2.24) is 10.6 Å². The van der Waals surface area contributed by atoms with E-state index in [1.54, 1.807) is 20.8 Å². The maximum atomic E-state index is 12.3. The zero-order valence-electron chi connectivity index (χ0n) is 19.4. The van der Waals surface area contributed by atoms with E-state index in [0.717, 1.165) is 6.42 Å². The molecular weight excluding hydrogens is 400 g/mol. The minimum atomic E-state index is -0.777. The van der Waals surface area contributed by atoms with Crippen molar-refractivity contribution in [2.45, 2.75) is 90.9 Å². The van der Waals surface area contributed by atoms with Crippen LogP contribution in [0, 0.1) is 5.92 Å². The van der Waals surface area contributed by atoms with E-state index in [4.69, 9.17) is 10.5 Å². The lowest BCUT2D eigenvalue weighted by Gasteiger charge is -2.21. The van der Waals surface area contributed by atoms with Crippen LogP contribution in [-0.4, -0.2) is 53.1 Å². The molecule has 0 saturated heterocycles. The predicted octanol–water partition coefficient (Wildman–Crippen LogP) is 2.18. The van der Waals surface area contributed by atoms with E-state index < -0.39 is 29.7 Å². The summed E-state index contributed by atoms with van der Waals surface area (Å²) in [6.45, 7) is 9.68. The highest BCUT2D eigenvalue weighted by atomic mass is 16.6. The molecular formula is C22H38N4O5. The average molecular weight is 439 g/mol. The normalized spacial score (nSPS) is 18.2. The number of rotatable bonds is 9. The summed E-state index contributed by atoms with van der Waals surface area (Å²) in [7, 11) is 0. The van der Waals surface area contributed by atoms with Crippen LogP contribution in [0.15, 0.2) is 16.6 Å². The van der Waals surface area contributed by atoms with E-state index >= 15 is 0 Å². The van der Waals surface area contributed by atoms with Gasteiger partial charge in [-0.3, -0.25) is 19.9 Å². The number of nitrogens with two attached hydrogens (primary N) is 1. The van der Waals surface area contributed by atoms with Gasteiger partial charge < -0.3 is 20.9 Å². The smallest absolute Gasteiger partial charge is 0.413 e. The van der Waals surface area contributed by atoms with Gasteiger partial charge in [0, 0.05) is 18.0 Å². The number of aliphatic hydroxyl groups is 1. The monoisotopic (exact) mass is 438 g/mol. The highest BCUT2D eigenvalue weighted by Gasteiger charge is 2.22. The number of amides is 3. The number of carbonyl (C=O) groups is 3. The van der Waals surface area contributed by atoms with Gasteiger partial charge in [-0.1, -0.05) is 13.8 Å². The molecule has 0 spiro atoms. The number of alkyl carbamates (subject to hydrolysis) is 1. The number of nitrogens with one attached hydrogen (secondary N) is 2. The first-order valence-electron chi connectivity index (χ1n) is 10.9. The van der Waals surface area contributed by atoms with Crippen LogP contribution < -0.4 is 16.4 Å². The van der Waals surface area contributed by atoms with Gasteiger partial charge in [-0.2, -0.15) is 0 Å². The van der Waals surface area contributed by atoms with Crippen LogP contribution in [0.3, 0.4) is 0 Å². The highest BCUT2D eigenvalue weighted by Crippen LogP contribution is 2.18. The van der Waals surface area contributed by atoms with Gasteiger partial charge in [-0.25, -0.2) is 4.79 Å². The molecule has 176 valence electrons. The van der Waals surface area contributed by atoms with Crippen molar-refractivity contribution in [3.05, 3.63) is 11.6 Å². The summed E-state index contributed by atoms with van der Waals surface area (Å²) >= 11 is 0. The predicted molar refractivity (Wildman–Crippen MR) is 119 cm³/mol. The van der Waals surface area contributed by atoms with Gasteiger partial charge >= 0.3 is 6.09 Å². The standard InChI is InChI=1S/C22H38N4O5/c1-14(2)19(26-21(30)31-22(3,4)5)24-12-7-6-11-17(18(23)28)25-20(29)15-9-8-10-16(27)13-15/h13-14,16-17,27H,6-12H2,1-5H3,(H2,23,28)(H,25,29)(H,24,26,30). The van der Waals surface area contributed by atoms with Crippen molar-refractivity contribution in [3.8, 4) is 0 Å². The lowest BCUT2D eigenvalue weighted by Crippen LogP contribution is -2.45. The fourth-order valence-electron chi connectivity index (χ4n) is 3.06. The molecule has 1 aliphatic rings. The van der Waals surface area contributed by atoms with Crippen LogP contribution in [0.1, 0.15) is 73.1 Å². The Kier molecular flexibility index (Phi) is 10.7. The van der Waals surface area contributed by atoms with Crippen LogP contribution in [-0.2, 0) is 14.3 Å². The average Bonchev–Trinajstić information content (AvgIpc) is 2.63. The van der Waals surface area contributed by atoms with E-state index in [9.17, 15) is 19.5 Å². The number of hydrogen-bond donors (Lipinski definition) is 4. The van der Waals surface area contributed by atoms with Gasteiger partial charge in [-0.15, -0.1) is 0 Å². The summed E-state index contributed by atoms with van der Waals surface area (Å²) in [5.74, 6) is -0.395. The number of nitrogens with zero attached hydrogens (tertiary/aromatic N) is 1. The van der Waals surface area contributed by atoms with Gasteiger partial charge in [0.1, 0.15) is 17.5 Å². The molecule has 0 aromatic carbocycles. The number of ether oxygens (including phenoxy) is 1. The van der Waals surface area contributed by atoms with E-state index in [2.05, 4.69) is 15.6 Å². The van der Waals surface area contributed by atoms with Crippen molar-refractivity contribution in [1.29, 1.82) is 0 Å². The van der Waals surface area contributed by atoms with Crippen molar-refractivity contribution in [3.63, 3.8) is 0 Å². The van der Waals surface area contributed by atoms with Crippen LogP contribution in [0.25, 0.3) is 0 Å². The minimum absolute atomic E-state index is 0.0179. The Balaban J connectivity index is 2.51. The maximum absolute atomic E-state index is 12.3. The maximum Gasteiger partial charge on any atom is 0.413 e. The lowest BCUT2D eigenvalue weighted by atomic mass is 9.96. The van der Waals surface area contributed by atoms with Crippen molar-refractivity contribution < 1.29 is 24.2 Å². The molecule has 0 heterocycles. The quantitative estimate of drug-likeness (QED) is 0.248. The van der Waals surface area contributed by atoms with Gasteiger partial charge in [0.05, 0.1) is 6.10 Å². The fourth-order valence-corrected chi connectivity index (χ4v) is 3.06. The van der Waals surface area contributed by atoms with Crippen molar-refractivity contribution in [2.75, 3.05) is 6.54 Å². The Bertz CT molecular complexity index is 695. The summed E-state index contributed by atoms with van der Waals surface area (Å²) in [6, 6.07) is -0.777. The zero-order valence-corrected chi connectivity index (χ0v) is 19.4. The van der Waals surface area contributed by atoms with Crippen LogP contribution in [0.4, 0.5) is 4.79 Å². The second kappa shape index (κ2) is 12.4. The van der Waals surface area contributed by atoms with Gasteiger partial charge in [0.15, 0.2) is 0 Å². The topological polar surface area (TPSA) is 143 Å². The Morgan fingerprint density at radius 1 is 1.29 bits per heavy atom. The van der Waals surface area contributed by atoms with E-state index in [0.29, 0.717) is 50.1 Å². The van der Waals surface area contributed by atoms with Gasteiger partial charge in [0.25, 0.3) is 0 Å². The molecule has 31 heavy (non-hydrogen) atoms. The molecule has 0 aromatic rings. The third-order valence-electron chi connectivity index (χ3n) is 4.64. The van der Waals surface area contributed by atoms with Gasteiger partial charge in [-0.05, 0) is 65.4 Å². The molecule has 0 aliphatic heterocycles. The molecule has 0 bridgehead atoms. The first-order valence-corrected chi connectivity index (χ1v) is 10.9. The molecule has 5 N–H and O–H groups in total. The Morgan fingerprint density at radius 3 is 2.52 bits per heavy atom. The van der Waals surface area contributed by atoms with Crippen molar-refractivity contribution >= 4 is 23.7 Å². The summed E-state index contributed by atoms with van der Waals surface area (Å²) < 4.78 is 5.25. The number of hydrogen-bond acceptors (Lipinski definition) is 6. The number of aliphatic imine (C=N–C) groups is 1. The van der Waals surface area contributed by atoms with Crippen LogP contribution in [0.2, 0.25) is 0 Å². The zero-order chi connectivity index (χ0) is 23.6. The number of amidine groups is 1. The molecule has 9 nitrogen and oxygen atoms in total. The third-order valence-corrected chi connectivity index (χ3v) is 4.64. The largest absolute Gasteiger partial charge is 0.444 e. The summed E-state index contributed by atoms with van der Waals surface area (Å²) in [6.07, 6.45) is 3.99. The molecule has 1 aliphatic carbocycles. The fraction of sp³-hybridized carbons (Fsp3) is 0.727. The SMILES string of the molecule is CC(C)C(=NCCCCC(NC(=O)C1=CC(O)CCC1)C(N)=O)NC(=O)OC(C)(C)C. The van der Waals surface area contributed by atoms with E-state index in [1.807, 2.05) is 13.8 Å². The summed E-state index contributed by atoms with van der Waals surface area (Å²) in [4.78, 5) is 40.5. The molecule has 2 unspecified atom stereocenters. The molecule has 1 rings (SSSR count). The molecule has 0 fully saturated rings. The number of primary amides is 1. The van der Waals surface area contributed by atoms with E-state index in [1.165, 1.54) is 6.08 Å². The molecule has 0 aromatic heterocycles. The second-order valence-electron chi connectivity index (χ2n) is 9.12. The third kappa shape index (κ3) is 11.0. The number of carbonyl (C=O) groups excluding carboxylic acids is 3. The van der Waals surface area contributed by atoms with E-state index in [-0.39, 0.29) is 11.8 Å². The van der Waals surface area contributed by atoms with Crippen LogP contribution in [0.5, 0.6) is 0 Å². The molecule has 2 atom stereocenters. The molecule has 0 radical (unpaired) electrons. The summed E-state index contributed by atoms with van der Waals surface area (Å²) in [5, 5.41) is 15.0. The second-order valence-corrected chi connectivity index (χ2v) is 9.12. The molecule has 3 amide bonds. The van der Waals surface area contributed by atoms with Gasteiger partial charge in [0.2, 0.25) is 11.8 Å². The molecule has 0 saturated carbocycles. The highest BCUT2D eigenvalue weighted by molar-refractivity contribution is 5.97. The van der Waals surface area contributed by atoms with Crippen LogP contribution >= 0.6 is 0 Å². The number of aliphatic hydroxyl groups excluding tert-OH is 1. The molecule has 9 heteroatoms. The van der Waals surface area contributed by atoms with Crippen molar-refractivity contribution in [2.24, 2.45) is 16.6 Å². The lowest BCUT2D eigenvalue weighted by molar-refractivity contribution is -0.125. The minimum Gasteiger partial charge on any atom is -0.444 e. The first kappa shape index (κ1) is 26.6. The summed E-state index contributed by atoms with van der Waals surface area (Å²) in [5.41, 5.74) is 5.34. The first-order chi connectivity index (χ1) is 14.4. The number of unbranched alkanes of at least 4 members (excludes halogenated alkanes) is 1. The Hall–Kier alpha value is -2.42. The Morgan fingerprint density at radius 2 is 1.97 bits per heavy atom.